The highest BCUT2D eigenvalue weighted by atomic mass is 14.3. The summed E-state index contributed by atoms with van der Waals surface area (Å²) in [4.78, 5) is 0. The van der Waals surface area contributed by atoms with Crippen LogP contribution in [0.25, 0.3) is 111 Å². The van der Waals surface area contributed by atoms with Gasteiger partial charge in [-0.3, -0.25) is 0 Å². The fourth-order valence-electron chi connectivity index (χ4n) is 9.46. The van der Waals surface area contributed by atoms with Crippen LogP contribution in [0.2, 0.25) is 0 Å². The van der Waals surface area contributed by atoms with Crippen molar-refractivity contribution in [3.05, 3.63) is 255 Å². The van der Waals surface area contributed by atoms with Crippen LogP contribution in [0.5, 0.6) is 0 Å². The lowest BCUT2D eigenvalue weighted by Crippen LogP contribution is -1.98. The molecule has 0 atom stereocenters. The van der Waals surface area contributed by atoms with Crippen molar-refractivity contribution in [2.75, 3.05) is 0 Å². The van der Waals surface area contributed by atoms with Gasteiger partial charge >= 0.3 is 0 Å². The van der Waals surface area contributed by atoms with Gasteiger partial charge in [0.1, 0.15) is 0 Å². The molecule has 0 aliphatic rings. The first kappa shape index (κ1) is 37.0. The van der Waals surface area contributed by atoms with Crippen LogP contribution in [-0.4, -0.2) is 0 Å². The molecule has 0 aliphatic carbocycles. The Bertz CT molecular complexity index is 2990. The smallest absolute Gasteiger partial charge is 0.00137 e. The Balaban J connectivity index is 1.38. The van der Waals surface area contributed by atoms with E-state index >= 15 is 0 Å². The SMILES string of the molecule is c1ccc(-c2ccc3c(-c4c(-c5ccccc5)cccc4-c4ccccc4)c4cc(-c5ccccc5)ccc4c(-c4c(-c5ccccc5)cccc4-c4ccccc4)c3c2)cc1. The van der Waals surface area contributed by atoms with Gasteiger partial charge in [0.05, 0.1) is 0 Å². The molecular weight excluding hydrogens is 745 g/mol. The molecule has 0 spiro atoms. The monoisotopic (exact) mass is 786 g/mol. The summed E-state index contributed by atoms with van der Waals surface area (Å²) in [5.74, 6) is 0. The van der Waals surface area contributed by atoms with E-state index in [4.69, 9.17) is 0 Å². The molecule has 0 amide bonds. The summed E-state index contributed by atoms with van der Waals surface area (Å²) in [6, 6.07) is 93.3. The molecule has 0 unspecified atom stereocenters. The highest BCUT2D eigenvalue weighted by molar-refractivity contribution is 6.26. The van der Waals surface area contributed by atoms with E-state index < -0.39 is 0 Å². The van der Waals surface area contributed by atoms with Crippen LogP contribution in [0.1, 0.15) is 0 Å². The zero-order chi connectivity index (χ0) is 41.2. The molecule has 290 valence electrons. The lowest BCUT2D eigenvalue weighted by Gasteiger charge is -2.25. The van der Waals surface area contributed by atoms with Crippen molar-refractivity contribution in [2.24, 2.45) is 0 Å². The standard InChI is InChI=1S/C62H42/c1-7-21-43(22-8-1)49-37-39-55-57(41-49)61(59-51(45-25-11-3-12-26-45)33-19-34-52(59)46-27-13-4-14-28-46)56-40-38-50(44-23-9-2-10-24-44)42-58(56)62(55)60-53(47-29-15-5-16-30-47)35-20-36-54(60)48-31-17-6-18-32-48/h1-42H. The van der Waals surface area contributed by atoms with E-state index in [0.717, 1.165) is 0 Å². The van der Waals surface area contributed by atoms with Crippen molar-refractivity contribution in [3.8, 4) is 89.0 Å². The van der Waals surface area contributed by atoms with Gasteiger partial charge < -0.3 is 0 Å². The van der Waals surface area contributed by atoms with E-state index in [0.29, 0.717) is 0 Å². The Hall–Kier alpha value is -8.06. The highest BCUT2D eigenvalue weighted by Gasteiger charge is 2.26. The molecule has 0 heterocycles. The lowest BCUT2D eigenvalue weighted by molar-refractivity contribution is 1.56. The minimum atomic E-state index is 1.18. The van der Waals surface area contributed by atoms with Gasteiger partial charge in [-0.2, -0.15) is 0 Å². The summed E-state index contributed by atoms with van der Waals surface area (Å²) in [5.41, 5.74) is 19.2. The van der Waals surface area contributed by atoms with Crippen LogP contribution >= 0.6 is 0 Å². The van der Waals surface area contributed by atoms with E-state index in [2.05, 4.69) is 255 Å². The topological polar surface area (TPSA) is 0 Å². The fraction of sp³-hybridized carbons (Fsp3) is 0. The minimum Gasteiger partial charge on any atom is -0.0622 e. The van der Waals surface area contributed by atoms with Crippen LogP contribution in [0.3, 0.4) is 0 Å². The summed E-state index contributed by atoms with van der Waals surface area (Å²) in [5, 5.41) is 4.84. The molecule has 11 aromatic rings. The molecule has 0 fully saturated rings. The van der Waals surface area contributed by atoms with Crippen molar-refractivity contribution < 1.29 is 0 Å². The number of hydrogen-bond acceptors (Lipinski definition) is 0. The molecule has 11 rings (SSSR count). The van der Waals surface area contributed by atoms with Crippen molar-refractivity contribution in [3.63, 3.8) is 0 Å². The molecular formula is C62H42. The lowest BCUT2D eigenvalue weighted by atomic mass is 9.77. The van der Waals surface area contributed by atoms with Crippen LogP contribution in [0.4, 0.5) is 0 Å². The summed E-state index contributed by atoms with van der Waals surface area (Å²) < 4.78 is 0. The molecule has 0 aromatic heterocycles. The second-order valence-corrected chi connectivity index (χ2v) is 15.9. The molecule has 11 aromatic carbocycles. The summed E-state index contributed by atoms with van der Waals surface area (Å²) in [7, 11) is 0. The van der Waals surface area contributed by atoms with Gasteiger partial charge in [0.25, 0.3) is 0 Å². The maximum Gasteiger partial charge on any atom is -0.00137 e. The molecule has 0 nitrogen and oxygen atoms in total. The molecule has 0 saturated heterocycles. The van der Waals surface area contributed by atoms with E-state index in [1.165, 1.54) is 111 Å². The van der Waals surface area contributed by atoms with Crippen molar-refractivity contribution in [2.45, 2.75) is 0 Å². The van der Waals surface area contributed by atoms with Gasteiger partial charge in [-0.05, 0) is 123 Å². The number of hydrogen-bond donors (Lipinski definition) is 0. The first-order valence-electron chi connectivity index (χ1n) is 21.4. The Morgan fingerprint density at radius 3 is 0.677 bits per heavy atom. The second kappa shape index (κ2) is 16.2. The van der Waals surface area contributed by atoms with Gasteiger partial charge in [-0.25, -0.2) is 0 Å². The zero-order valence-corrected chi connectivity index (χ0v) is 34.2. The fourth-order valence-corrected chi connectivity index (χ4v) is 9.46. The normalized spacial score (nSPS) is 11.2. The third-order valence-electron chi connectivity index (χ3n) is 12.3. The molecule has 62 heavy (non-hydrogen) atoms. The van der Waals surface area contributed by atoms with Crippen molar-refractivity contribution in [1.29, 1.82) is 0 Å². The zero-order valence-electron chi connectivity index (χ0n) is 34.2. The van der Waals surface area contributed by atoms with E-state index in [1.54, 1.807) is 0 Å². The maximum absolute atomic E-state index is 2.46. The van der Waals surface area contributed by atoms with E-state index in [1.807, 2.05) is 0 Å². The highest BCUT2D eigenvalue weighted by Crippen LogP contribution is 2.53. The predicted molar refractivity (Wildman–Crippen MR) is 265 cm³/mol. The minimum absolute atomic E-state index is 1.18. The quantitative estimate of drug-likeness (QED) is 0.135. The summed E-state index contributed by atoms with van der Waals surface area (Å²) >= 11 is 0. The van der Waals surface area contributed by atoms with Gasteiger partial charge in [0.2, 0.25) is 0 Å². The van der Waals surface area contributed by atoms with E-state index in [9.17, 15) is 0 Å². The largest absolute Gasteiger partial charge is 0.0622 e. The van der Waals surface area contributed by atoms with Gasteiger partial charge in [0.15, 0.2) is 0 Å². The average Bonchev–Trinajstić information content (AvgIpc) is 3.36. The van der Waals surface area contributed by atoms with Gasteiger partial charge in [-0.15, -0.1) is 0 Å². The molecule has 0 N–H and O–H groups in total. The summed E-state index contributed by atoms with van der Waals surface area (Å²) in [6.07, 6.45) is 0. The van der Waals surface area contributed by atoms with Crippen LogP contribution in [0.15, 0.2) is 255 Å². The van der Waals surface area contributed by atoms with Gasteiger partial charge in [0, 0.05) is 0 Å². The molecule has 0 saturated carbocycles. The van der Waals surface area contributed by atoms with E-state index in [-0.39, 0.29) is 0 Å². The second-order valence-electron chi connectivity index (χ2n) is 15.9. The maximum atomic E-state index is 2.46. The van der Waals surface area contributed by atoms with Crippen LogP contribution in [-0.2, 0) is 0 Å². The Kier molecular flexibility index (Phi) is 9.65. The van der Waals surface area contributed by atoms with Gasteiger partial charge in [-0.1, -0.05) is 243 Å². The number of benzene rings is 11. The molecule has 0 aliphatic heterocycles. The Morgan fingerprint density at radius 2 is 0.403 bits per heavy atom. The number of fused-ring (bicyclic) bond motifs is 2. The summed E-state index contributed by atoms with van der Waals surface area (Å²) in [6.45, 7) is 0. The number of rotatable bonds is 8. The molecule has 0 radical (unpaired) electrons. The van der Waals surface area contributed by atoms with Crippen molar-refractivity contribution in [1.82, 2.24) is 0 Å². The van der Waals surface area contributed by atoms with Crippen LogP contribution < -0.4 is 0 Å². The Labute approximate surface area is 363 Å². The average molecular weight is 787 g/mol. The third-order valence-corrected chi connectivity index (χ3v) is 12.3. The first-order chi connectivity index (χ1) is 30.8. The third kappa shape index (κ3) is 6.69. The van der Waals surface area contributed by atoms with Crippen LogP contribution in [0, 0.1) is 0 Å². The predicted octanol–water partition coefficient (Wildman–Crippen LogP) is 17.3. The molecule has 0 bridgehead atoms. The molecule has 0 heteroatoms. The van der Waals surface area contributed by atoms with Crippen molar-refractivity contribution >= 4 is 21.5 Å². The first-order valence-corrected chi connectivity index (χ1v) is 21.4. The Morgan fingerprint density at radius 1 is 0.145 bits per heavy atom.